The van der Waals surface area contributed by atoms with Crippen LogP contribution in [0.3, 0.4) is 0 Å². The van der Waals surface area contributed by atoms with Gasteiger partial charge in [0.05, 0.1) is 0 Å². The first-order valence-electron chi connectivity index (χ1n) is 10.2. The Morgan fingerprint density at radius 1 is 1.13 bits per heavy atom. The lowest BCUT2D eigenvalue weighted by Gasteiger charge is -2.22. The largest absolute Gasteiger partial charge is 0.317 e. The minimum atomic E-state index is 0.774. The van der Waals surface area contributed by atoms with Crippen LogP contribution in [0.15, 0.2) is 12.2 Å². The van der Waals surface area contributed by atoms with Gasteiger partial charge in [-0.25, -0.2) is 0 Å². The van der Waals surface area contributed by atoms with Gasteiger partial charge in [-0.1, -0.05) is 39.3 Å². The zero-order valence-corrected chi connectivity index (χ0v) is 16.5. The first kappa shape index (κ1) is 20.7. The van der Waals surface area contributed by atoms with E-state index in [9.17, 15) is 0 Å². The van der Waals surface area contributed by atoms with Gasteiger partial charge in [0, 0.05) is 18.6 Å². The third-order valence-electron chi connectivity index (χ3n) is 5.26. The van der Waals surface area contributed by atoms with Gasteiger partial charge < -0.3 is 5.32 Å². The van der Waals surface area contributed by atoms with E-state index in [-0.39, 0.29) is 0 Å². The van der Waals surface area contributed by atoms with Crippen LogP contribution in [0.1, 0.15) is 79.6 Å². The molecule has 0 spiro atoms. The van der Waals surface area contributed by atoms with Gasteiger partial charge in [-0.15, -0.1) is 0 Å². The summed E-state index contributed by atoms with van der Waals surface area (Å²) >= 11 is 0. The molecule has 0 aromatic rings. The highest BCUT2D eigenvalue weighted by Gasteiger charge is 2.37. The predicted octanol–water partition coefficient (Wildman–Crippen LogP) is 5.25. The molecule has 0 radical (unpaired) electrons. The van der Waals surface area contributed by atoms with Crippen LogP contribution in [0, 0.1) is 11.8 Å². The molecule has 1 heterocycles. The van der Waals surface area contributed by atoms with Crippen molar-refractivity contribution in [2.75, 3.05) is 19.6 Å². The Kier molecular flexibility index (Phi) is 10.9. The van der Waals surface area contributed by atoms with E-state index in [4.69, 9.17) is 0 Å². The van der Waals surface area contributed by atoms with E-state index in [2.05, 4.69) is 57.0 Å². The number of hydrogen-bond donors (Lipinski definition) is 1. The zero-order chi connectivity index (χ0) is 17.1. The van der Waals surface area contributed by atoms with Crippen molar-refractivity contribution in [1.82, 2.24) is 10.2 Å². The molecule has 5 atom stereocenters. The fourth-order valence-corrected chi connectivity index (χ4v) is 3.93. The standard InChI is InChI=1S/C21H42N2/c1-6-8-9-10-11-18(3)15-19(4)16-20(5)23-17-21(23)12-14-22-13-7-2/h6,8,18-22H,7,9-17H2,1-5H3/b8-6-. The monoisotopic (exact) mass is 322 g/mol. The second kappa shape index (κ2) is 12.1. The Morgan fingerprint density at radius 2 is 1.91 bits per heavy atom. The molecule has 1 aliphatic rings. The highest BCUT2D eigenvalue weighted by atomic mass is 15.3. The van der Waals surface area contributed by atoms with Crippen molar-refractivity contribution in [3.63, 3.8) is 0 Å². The molecule has 2 heteroatoms. The molecule has 1 fully saturated rings. The second-order valence-electron chi connectivity index (χ2n) is 7.92. The highest BCUT2D eigenvalue weighted by Crippen LogP contribution is 2.29. The highest BCUT2D eigenvalue weighted by molar-refractivity contribution is 4.93. The summed E-state index contributed by atoms with van der Waals surface area (Å²) in [5, 5.41) is 3.53. The lowest BCUT2D eigenvalue weighted by atomic mass is 9.89. The van der Waals surface area contributed by atoms with Gasteiger partial charge in [0.1, 0.15) is 0 Å². The van der Waals surface area contributed by atoms with Crippen LogP contribution in [0.25, 0.3) is 0 Å². The van der Waals surface area contributed by atoms with E-state index in [0.717, 1.165) is 23.9 Å². The maximum absolute atomic E-state index is 3.53. The van der Waals surface area contributed by atoms with Gasteiger partial charge in [0.25, 0.3) is 0 Å². The Labute approximate surface area is 146 Å². The summed E-state index contributed by atoms with van der Waals surface area (Å²) in [6.07, 6.45) is 13.8. The lowest BCUT2D eigenvalue weighted by Crippen LogP contribution is -2.23. The average molecular weight is 323 g/mol. The fourth-order valence-electron chi connectivity index (χ4n) is 3.93. The molecule has 1 N–H and O–H groups in total. The Hall–Kier alpha value is -0.340. The van der Waals surface area contributed by atoms with Crippen molar-refractivity contribution < 1.29 is 0 Å². The summed E-state index contributed by atoms with van der Waals surface area (Å²) in [5.41, 5.74) is 0. The Morgan fingerprint density at radius 3 is 2.61 bits per heavy atom. The third kappa shape index (κ3) is 9.52. The minimum Gasteiger partial charge on any atom is -0.317 e. The maximum atomic E-state index is 3.53. The molecule has 5 unspecified atom stereocenters. The normalized spacial score (nSPS) is 24.7. The summed E-state index contributed by atoms with van der Waals surface area (Å²) in [6.45, 7) is 15.4. The molecular weight excluding hydrogens is 280 g/mol. The van der Waals surface area contributed by atoms with Crippen LogP contribution in [-0.2, 0) is 0 Å². The van der Waals surface area contributed by atoms with Gasteiger partial charge in [0.2, 0.25) is 0 Å². The number of rotatable bonds is 14. The van der Waals surface area contributed by atoms with Crippen LogP contribution in [0.5, 0.6) is 0 Å². The van der Waals surface area contributed by atoms with Gasteiger partial charge in [-0.05, 0) is 77.3 Å². The van der Waals surface area contributed by atoms with Gasteiger partial charge >= 0.3 is 0 Å². The van der Waals surface area contributed by atoms with Crippen molar-refractivity contribution in [3.05, 3.63) is 12.2 Å². The number of hydrogen-bond acceptors (Lipinski definition) is 2. The van der Waals surface area contributed by atoms with E-state index in [1.54, 1.807) is 0 Å². The van der Waals surface area contributed by atoms with E-state index in [1.807, 2.05) is 0 Å². The molecule has 1 rings (SSSR count). The van der Waals surface area contributed by atoms with Crippen LogP contribution in [-0.4, -0.2) is 36.6 Å². The fraction of sp³-hybridized carbons (Fsp3) is 0.905. The molecule has 0 amide bonds. The Bertz CT molecular complexity index is 313. The molecule has 0 aliphatic carbocycles. The molecule has 0 saturated carbocycles. The van der Waals surface area contributed by atoms with Crippen molar-refractivity contribution in [2.24, 2.45) is 11.8 Å². The molecule has 2 nitrogen and oxygen atoms in total. The smallest absolute Gasteiger partial charge is 0.0238 e. The first-order valence-corrected chi connectivity index (χ1v) is 10.2. The van der Waals surface area contributed by atoms with E-state index in [1.165, 1.54) is 64.6 Å². The van der Waals surface area contributed by atoms with Crippen LogP contribution >= 0.6 is 0 Å². The number of allylic oxidation sites excluding steroid dienone is 2. The quantitative estimate of drug-likeness (QED) is 0.267. The van der Waals surface area contributed by atoms with Gasteiger partial charge in [-0.2, -0.15) is 0 Å². The lowest BCUT2D eigenvalue weighted by molar-refractivity contribution is 0.287. The van der Waals surface area contributed by atoms with Crippen molar-refractivity contribution in [2.45, 2.75) is 91.6 Å². The third-order valence-corrected chi connectivity index (χ3v) is 5.26. The van der Waals surface area contributed by atoms with Crippen molar-refractivity contribution in [1.29, 1.82) is 0 Å². The average Bonchev–Trinajstić information content (AvgIpc) is 3.28. The summed E-state index contributed by atoms with van der Waals surface area (Å²) in [7, 11) is 0. The predicted molar refractivity (Wildman–Crippen MR) is 104 cm³/mol. The number of unbranched alkanes of at least 4 members (excludes halogenated alkanes) is 1. The molecule has 23 heavy (non-hydrogen) atoms. The molecule has 1 aliphatic heterocycles. The molecule has 136 valence electrons. The molecule has 1 saturated heterocycles. The van der Waals surface area contributed by atoms with Crippen molar-refractivity contribution in [3.8, 4) is 0 Å². The van der Waals surface area contributed by atoms with Crippen LogP contribution in [0.2, 0.25) is 0 Å². The SMILES string of the molecule is C/C=C\CCCC(C)CC(C)CC(C)N1CC1CCNCCC. The van der Waals surface area contributed by atoms with Gasteiger partial charge in [-0.3, -0.25) is 4.90 Å². The van der Waals surface area contributed by atoms with Crippen LogP contribution < -0.4 is 5.32 Å². The molecule has 0 aromatic heterocycles. The minimum absolute atomic E-state index is 0.774. The topological polar surface area (TPSA) is 15.0 Å². The number of nitrogens with one attached hydrogen (secondary N) is 1. The Balaban J connectivity index is 2.08. The first-order chi connectivity index (χ1) is 11.1. The van der Waals surface area contributed by atoms with E-state index >= 15 is 0 Å². The molecule has 0 bridgehead atoms. The zero-order valence-electron chi connectivity index (χ0n) is 16.5. The van der Waals surface area contributed by atoms with E-state index in [0.29, 0.717) is 0 Å². The van der Waals surface area contributed by atoms with Crippen LogP contribution in [0.4, 0.5) is 0 Å². The second-order valence-corrected chi connectivity index (χ2v) is 7.92. The van der Waals surface area contributed by atoms with E-state index < -0.39 is 0 Å². The number of nitrogens with zero attached hydrogens (tertiary/aromatic N) is 1. The van der Waals surface area contributed by atoms with Gasteiger partial charge in [0.15, 0.2) is 0 Å². The molecule has 0 aromatic carbocycles. The van der Waals surface area contributed by atoms with Crippen molar-refractivity contribution >= 4 is 0 Å². The summed E-state index contributed by atoms with van der Waals surface area (Å²) < 4.78 is 0. The summed E-state index contributed by atoms with van der Waals surface area (Å²) in [4.78, 5) is 2.71. The molecular formula is C21H42N2. The summed E-state index contributed by atoms with van der Waals surface area (Å²) in [6, 6.07) is 1.64. The maximum Gasteiger partial charge on any atom is 0.0238 e. The summed E-state index contributed by atoms with van der Waals surface area (Å²) in [5.74, 6) is 1.74.